The third-order valence-corrected chi connectivity index (χ3v) is 2.25. The first kappa shape index (κ1) is 9.98. The number of hydrogen-bond donors (Lipinski definition) is 1. The lowest BCUT2D eigenvalue weighted by atomic mass is 10.2. The number of rotatable bonds is 1. The SMILES string of the molecule is CC1ON=C(c2cccc(Cl)c2)NC1=O. The molecule has 5 heteroatoms. The van der Waals surface area contributed by atoms with Crippen molar-refractivity contribution in [2.45, 2.75) is 13.0 Å². The zero-order valence-corrected chi connectivity index (χ0v) is 8.78. The van der Waals surface area contributed by atoms with Crippen molar-refractivity contribution in [2.24, 2.45) is 5.16 Å². The van der Waals surface area contributed by atoms with Crippen molar-refractivity contribution in [3.8, 4) is 0 Å². The Balaban J connectivity index is 2.29. The molecule has 1 aliphatic rings. The maximum Gasteiger partial charge on any atom is 0.269 e. The Kier molecular flexibility index (Phi) is 2.60. The van der Waals surface area contributed by atoms with Gasteiger partial charge in [0.2, 0.25) is 6.10 Å². The first-order chi connectivity index (χ1) is 7.16. The van der Waals surface area contributed by atoms with Gasteiger partial charge in [0, 0.05) is 10.6 Å². The Labute approximate surface area is 91.9 Å². The highest BCUT2D eigenvalue weighted by Gasteiger charge is 2.22. The van der Waals surface area contributed by atoms with Crippen LogP contribution < -0.4 is 5.32 Å². The van der Waals surface area contributed by atoms with E-state index in [4.69, 9.17) is 16.4 Å². The summed E-state index contributed by atoms with van der Waals surface area (Å²) in [6, 6.07) is 7.04. The standard InChI is InChI=1S/C10H9ClN2O2/c1-6-10(14)12-9(13-15-6)7-3-2-4-8(11)5-7/h2-6H,1H3,(H,12,13,14). The van der Waals surface area contributed by atoms with E-state index in [-0.39, 0.29) is 5.91 Å². The van der Waals surface area contributed by atoms with Gasteiger partial charge in [-0.15, -0.1) is 0 Å². The third kappa shape index (κ3) is 2.10. The molecule has 1 aromatic carbocycles. The summed E-state index contributed by atoms with van der Waals surface area (Å²) in [6.45, 7) is 1.63. The molecule has 0 saturated carbocycles. The molecule has 1 aliphatic heterocycles. The lowest BCUT2D eigenvalue weighted by Crippen LogP contribution is -2.42. The minimum atomic E-state index is -0.548. The molecule has 0 radical (unpaired) electrons. The van der Waals surface area contributed by atoms with Crippen LogP contribution in [0.4, 0.5) is 0 Å². The molecule has 0 spiro atoms. The molecule has 1 unspecified atom stereocenters. The molecule has 4 nitrogen and oxygen atoms in total. The topological polar surface area (TPSA) is 50.7 Å². The number of hydrogen-bond acceptors (Lipinski definition) is 3. The summed E-state index contributed by atoms with van der Waals surface area (Å²) in [5.41, 5.74) is 0.725. The average Bonchev–Trinajstić information content (AvgIpc) is 2.22. The summed E-state index contributed by atoms with van der Waals surface area (Å²) in [6.07, 6.45) is -0.548. The number of nitrogens with one attached hydrogen (secondary N) is 1. The molecule has 0 saturated heterocycles. The zero-order chi connectivity index (χ0) is 10.8. The van der Waals surface area contributed by atoms with Gasteiger partial charge in [0.25, 0.3) is 5.91 Å². The number of halogens is 1. The number of amides is 1. The van der Waals surface area contributed by atoms with Gasteiger partial charge in [-0.2, -0.15) is 0 Å². The number of carbonyl (C=O) groups excluding carboxylic acids is 1. The minimum absolute atomic E-state index is 0.208. The zero-order valence-electron chi connectivity index (χ0n) is 8.03. The second-order valence-electron chi connectivity index (χ2n) is 3.19. The summed E-state index contributed by atoms with van der Waals surface area (Å²) in [5, 5.41) is 7.02. The normalized spacial score (nSPS) is 20.3. The number of carbonyl (C=O) groups is 1. The molecule has 2 rings (SSSR count). The van der Waals surface area contributed by atoms with Gasteiger partial charge in [-0.1, -0.05) is 28.9 Å². The molecule has 0 fully saturated rings. The first-order valence-corrected chi connectivity index (χ1v) is 4.85. The quantitative estimate of drug-likeness (QED) is 0.787. The van der Waals surface area contributed by atoms with Crippen LogP contribution in [0.1, 0.15) is 12.5 Å². The molecular weight excluding hydrogens is 216 g/mol. The van der Waals surface area contributed by atoms with E-state index in [1.165, 1.54) is 0 Å². The van der Waals surface area contributed by atoms with E-state index in [9.17, 15) is 4.79 Å². The van der Waals surface area contributed by atoms with Crippen LogP contribution in [0.25, 0.3) is 0 Å². The van der Waals surface area contributed by atoms with Crippen molar-refractivity contribution in [1.29, 1.82) is 0 Å². The van der Waals surface area contributed by atoms with Crippen molar-refractivity contribution < 1.29 is 9.63 Å². The van der Waals surface area contributed by atoms with E-state index < -0.39 is 6.10 Å². The van der Waals surface area contributed by atoms with Crippen LogP contribution in [0, 0.1) is 0 Å². The van der Waals surface area contributed by atoms with E-state index in [0.29, 0.717) is 10.9 Å². The van der Waals surface area contributed by atoms with Crippen molar-refractivity contribution in [2.75, 3.05) is 0 Å². The molecule has 0 aliphatic carbocycles. The van der Waals surface area contributed by atoms with E-state index in [1.54, 1.807) is 31.2 Å². The largest absolute Gasteiger partial charge is 0.381 e. The molecule has 1 atom stereocenters. The monoisotopic (exact) mass is 224 g/mol. The Bertz CT molecular complexity index is 431. The summed E-state index contributed by atoms with van der Waals surface area (Å²) < 4.78 is 0. The second kappa shape index (κ2) is 3.90. The van der Waals surface area contributed by atoms with Gasteiger partial charge in [0.05, 0.1) is 0 Å². The summed E-state index contributed by atoms with van der Waals surface area (Å²) >= 11 is 5.82. The van der Waals surface area contributed by atoms with Gasteiger partial charge in [0.1, 0.15) is 0 Å². The molecule has 1 aromatic rings. The van der Waals surface area contributed by atoms with Crippen molar-refractivity contribution in [3.05, 3.63) is 34.9 Å². The summed E-state index contributed by atoms with van der Waals surface area (Å²) in [5.74, 6) is 0.181. The van der Waals surface area contributed by atoms with Crippen LogP contribution in [-0.4, -0.2) is 17.8 Å². The van der Waals surface area contributed by atoms with Gasteiger partial charge < -0.3 is 10.2 Å². The Morgan fingerprint density at radius 3 is 3.00 bits per heavy atom. The number of amidine groups is 1. The van der Waals surface area contributed by atoms with Gasteiger partial charge in [-0.3, -0.25) is 4.79 Å². The van der Waals surface area contributed by atoms with Crippen LogP contribution in [0.3, 0.4) is 0 Å². The first-order valence-electron chi connectivity index (χ1n) is 4.47. The van der Waals surface area contributed by atoms with E-state index in [2.05, 4.69) is 10.5 Å². The van der Waals surface area contributed by atoms with E-state index in [1.807, 2.05) is 0 Å². The lowest BCUT2D eigenvalue weighted by Gasteiger charge is -2.18. The van der Waals surface area contributed by atoms with Crippen LogP contribution >= 0.6 is 11.6 Å². The smallest absolute Gasteiger partial charge is 0.269 e. The van der Waals surface area contributed by atoms with Crippen molar-refractivity contribution in [1.82, 2.24) is 5.32 Å². The molecule has 1 N–H and O–H groups in total. The van der Waals surface area contributed by atoms with E-state index in [0.717, 1.165) is 5.56 Å². The Morgan fingerprint density at radius 1 is 1.53 bits per heavy atom. The molecule has 1 amide bonds. The van der Waals surface area contributed by atoms with Crippen molar-refractivity contribution in [3.63, 3.8) is 0 Å². The highest BCUT2D eigenvalue weighted by molar-refractivity contribution is 6.31. The van der Waals surface area contributed by atoms with Crippen LogP contribution in [-0.2, 0) is 9.63 Å². The highest BCUT2D eigenvalue weighted by atomic mass is 35.5. The molecular formula is C10H9ClN2O2. The fourth-order valence-corrected chi connectivity index (χ4v) is 1.37. The van der Waals surface area contributed by atoms with Gasteiger partial charge >= 0.3 is 0 Å². The minimum Gasteiger partial charge on any atom is -0.381 e. The maximum atomic E-state index is 11.3. The highest BCUT2D eigenvalue weighted by Crippen LogP contribution is 2.12. The summed E-state index contributed by atoms with van der Waals surface area (Å²) in [7, 11) is 0. The van der Waals surface area contributed by atoms with Gasteiger partial charge in [-0.25, -0.2) is 0 Å². The second-order valence-corrected chi connectivity index (χ2v) is 3.62. The molecule has 78 valence electrons. The molecule has 0 bridgehead atoms. The van der Waals surface area contributed by atoms with Crippen LogP contribution in [0.2, 0.25) is 5.02 Å². The Hall–Kier alpha value is -1.55. The van der Waals surface area contributed by atoms with Crippen LogP contribution in [0.15, 0.2) is 29.4 Å². The fraction of sp³-hybridized carbons (Fsp3) is 0.200. The third-order valence-electron chi connectivity index (χ3n) is 2.01. The van der Waals surface area contributed by atoms with Crippen molar-refractivity contribution >= 4 is 23.3 Å². The Morgan fingerprint density at radius 2 is 2.33 bits per heavy atom. The number of nitrogens with zero attached hydrogens (tertiary/aromatic N) is 1. The molecule has 15 heavy (non-hydrogen) atoms. The number of benzene rings is 1. The average molecular weight is 225 g/mol. The molecule has 1 heterocycles. The summed E-state index contributed by atoms with van der Waals surface area (Å²) in [4.78, 5) is 16.2. The van der Waals surface area contributed by atoms with E-state index >= 15 is 0 Å². The van der Waals surface area contributed by atoms with Gasteiger partial charge in [0.15, 0.2) is 5.84 Å². The fourth-order valence-electron chi connectivity index (χ4n) is 1.18. The maximum absolute atomic E-state index is 11.3. The predicted octanol–water partition coefficient (Wildman–Crippen LogP) is 1.54. The molecule has 0 aromatic heterocycles. The van der Waals surface area contributed by atoms with Crippen LogP contribution in [0.5, 0.6) is 0 Å². The van der Waals surface area contributed by atoms with Gasteiger partial charge in [-0.05, 0) is 19.1 Å². The lowest BCUT2D eigenvalue weighted by molar-refractivity contribution is -0.131. The number of oxime groups is 1. The predicted molar refractivity (Wildman–Crippen MR) is 56.7 cm³/mol.